The number of benzene rings is 2. The number of aromatic nitrogens is 1. The molecule has 168 valence electrons. The van der Waals surface area contributed by atoms with Crippen molar-refractivity contribution in [2.75, 3.05) is 23.7 Å². The van der Waals surface area contributed by atoms with E-state index in [0.29, 0.717) is 16.4 Å². The van der Waals surface area contributed by atoms with E-state index in [2.05, 4.69) is 15.6 Å². The SMILES string of the molecule is Cc1ccc(NC(=O)c2ccc(C(=N)N3CCC3)cc2F)c(C(=O)Nc2ccc(Cl)cn2)c1. The summed E-state index contributed by atoms with van der Waals surface area (Å²) in [7, 11) is 0. The Hall–Kier alpha value is -3.78. The molecule has 1 saturated heterocycles. The van der Waals surface area contributed by atoms with Crippen molar-refractivity contribution in [3.8, 4) is 0 Å². The van der Waals surface area contributed by atoms with Crippen LogP contribution in [0.2, 0.25) is 5.02 Å². The number of hydrogen-bond acceptors (Lipinski definition) is 4. The van der Waals surface area contributed by atoms with Gasteiger partial charge in [-0.3, -0.25) is 15.0 Å². The summed E-state index contributed by atoms with van der Waals surface area (Å²) in [6, 6.07) is 12.2. The van der Waals surface area contributed by atoms with Crippen LogP contribution in [0, 0.1) is 18.2 Å². The van der Waals surface area contributed by atoms with E-state index in [1.165, 1.54) is 18.3 Å². The Morgan fingerprint density at radius 2 is 1.79 bits per heavy atom. The fraction of sp³-hybridized carbons (Fsp3) is 0.167. The van der Waals surface area contributed by atoms with E-state index in [1.807, 2.05) is 11.8 Å². The van der Waals surface area contributed by atoms with Gasteiger partial charge >= 0.3 is 0 Å². The second-order valence-corrected chi connectivity index (χ2v) is 8.14. The van der Waals surface area contributed by atoms with E-state index in [4.69, 9.17) is 17.0 Å². The minimum atomic E-state index is -0.737. The van der Waals surface area contributed by atoms with Gasteiger partial charge in [0.25, 0.3) is 11.8 Å². The van der Waals surface area contributed by atoms with E-state index in [-0.39, 0.29) is 22.6 Å². The van der Waals surface area contributed by atoms with Crippen LogP contribution in [0.3, 0.4) is 0 Å². The maximum atomic E-state index is 14.7. The van der Waals surface area contributed by atoms with Crippen LogP contribution in [0.15, 0.2) is 54.7 Å². The van der Waals surface area contributed by atoms with Crippen LogP contribution in [0.25, 0.3) is 0 Å². The second-order valence-electron chi connectivity index (χ2n) is 7.70. The van der Waals surface area contributed by atoms with Crippen molar-refractivity contribution in [1.29, 1.82) is 5.41 Å². The van der Waals surface area contributed by atoms with E-state index in [0.717, 1.165) is 25.1 Å². The fourth-order valence-corrected chi connectivity index (χ4v) is 3.46. The minimum absolute atomic E-state index is 0.179. The highest BCUT2D eigenvalue weighted by Gasteiger charge is 2.21. The molecule has 0 aliphatic carbocycles. The lowest BCUT2D eigenvalue weighted by atomic mass is 10.1. The number of anilines is 2. The summed E-state index contributed by atoms with van der Waals surface area (Å²) in [6.07, 6.45) is 2.41. The Kier molecular flexibility index (Phi) is 6.37. The summed E-state index contributed by atoms with van der Waals surface area (Å²) < 4.78 is 14.7. The average molecular weight is 466 g/mol. The zero-order chi connectivity index (χ0) is 23.5. The predicted octanol–water partition coefficient (Wildman–Crippen LogP) is 4.72. The lowest BCUT2D eigenvalue weighted by molar-refractivity contribution is 0.102. The molecule has 2 aromatic carbocycles. The van der Waals surface area contributed by atoms with Crippen LogP contribution >= 0.6 is 11.6 Å². The molecule has 1 aliphatic heterocycles. The molecular weight excluding hydrogens is 445 g/mol. The van der Waals surface area contributed by atoms with Gasteiger partial charge in [0.2, 0.25) is 0 Å². The van der Waals surface area contributed by atoms with Gasteiger partial charge in [-0.1, -0.05) is 29.3 Å². The van der Waals surface area contributed by atoms with Crippen molar-refractivity contribution < 1.29 is 14.0 Å². The van der Waals surface area contributed by atoms with Crippen LogP contribution in [0.1, 0.15) is 38.3 Å². The van der Waals surface area contributed by atoms with Gasteiger partial charge < -0.3 is 15.5 Å². The first-order chi connectivity index (χ1) is 15.8. The van der Waals surface area contributed by atoms with Crippen molar-refractivity contribution in [1.82, 2.24) is 9.88 Å². The number of likely N-dealkylation sites (tertiary alicyclic amines) is 1. The first-order valence-corrected chi connectivity index (χ1v) is 10.7. The van der Waals surface area contributed by atoms with Crippen molar-refractivity contribution in [2.45, 2.75) is 13.3 Å². The molecule has 0 bridgehead atoms. The van der Waals surface area contributed by atoms with Gasteiger partial charge in [-0.15, -0.1) is 0 Å². The molecule has 3 aromatic rings. The number of aryl methyl sites for hydroxylation is 1. The molecule has 3 N–H and O–H groups in total. The molecule has 33 heavy (non-hydrogen) atoms. The summed E-state index contributed by atoms with van der Waals surface area (Å²) in [5, 5.41) is 13.9. The van der Waals surface area contributed by atoms with Gasteiger partial charge in [-0.25, -0.2) is 9.37 Å². The van der Waals surface area contributed by atoms with Gasteiger partial charge in [0, 0.05) is 24.8 Å². The first-order valence-electron chi connectivity index (χ1n) is 10.3. The predicted molar refractivity (Wildman–Crippen MR) is 126 cm³/mol. The molecule has 7 nitrogen and oxygen atoms in total. The average Bonchev–Trinajstić information content (AvgIpc) is 2.75. The molecule has 0 spiro atoms. The van der Waals surface area contributed by atoms with Crippen molar-refractivity contribution >= 4 is 40.8 Å². The molecule has 0 atom stereocenters. The number of nitrogens with zero attached hydrogens (tertiary/aromatic N) is 2. The molecule has 0 saturated carbocycles. The van der Waals surface area contributed by atoms with Gasteiger partial charge in [0.1, 0.15) is 17.5 Å². The standard InChI is InChI=1S/C24H21ClFN5O2/c1-14-3-7-20(18(11-14)24(33)30-21-8-5-16(25)13-28-21)29-23(32)17-6-4-15(12-19(17)26)22(27)31-9-2-10-31/h3-8,11-13,27H,2,9-10H2,1H3,(H,29,32)(H,28,30,33). The zero-order valence-electron chi connectivity index (χ0n) is 17.8. The third-order valence-corrected chi connectivity index (χ3v) is 5.52. The van der Waals surface area contributed by atoms with Crippen LogP contribution in [0.5, 0.6) is 0 Å². The van der Waals surface area contributed by atoms with Gasteiger partial charge in [-0.2, -0.15) is 0 Å². The Morgan fingerprint density at radius 1 is 1.03 bits per heavy atom. The Labute approximate surface area is 195 Å². The van der Waals surface area contributed by atoms with Crippen LogP contribution in [-0.2, 0) is 0 Å². The lowest BCUT2D eigenvalue weighted by Crippen LogP contribution is -2.42. The van der Waals surface area contributed by atoms with Gasteiger partial charge in [0.05, 0.1) is 21.8 Å². The minimum Gasteiger partial charge on any atom is -0.356 e. The first kappa shape index (κ1) is 22.4. The molecule has 1 fully saturated rings. The number of amidine groups is 1. The highest BCUT2D eigenvalue weighted by atomic mass is 35.5. The number of rotatable bonds is 5. The molecule has 0 unspecified atom stereocenters. The summed E-state index contributed by atoms with van der Waals surface area (Å²) >= 11 is 5.82. The Balaban J connectivity index is 1.53. The number of carbonyl (C=O) groups excluding carboxylic acids is 2. The molecule has 0 radical (unpaired) electrons. The number of hydrogen-bond donors (Lipinski definition) is 3. The smallest absolute Gasteiger partial charge is 0.258 e. The molecule has 4 rings (SSSR count). The zero-order valence-corrected chi connectivity index (χ0v) is 18.5. The Morgan fingerprint density at radius 3 is 2.42 bits per heavy atom. The number of pyridine rings is 1. The molecular formula is C24H21ClFN5O2. The van der Waals surface area contributed by atoms with Crippen LogP contribution in [0.4, 0.5) is 15.9 Å². The fourth-order valence-electron chi connectivity index (χ4n) is 3.35. The molecule has 1 aromatic heterocycles. The van der Waals surface area contributed by atoms with E-state index in [1.54, 1.807) is 36.4 Å². The third-order valence-electron chi connectivity index (χ3n) is 5.30. The number of nitrogens with one attached hydrogen (secondary N) is 3. The van der Waals surface area contributed by atoms with Crippen molar-refractivity contribution in [2.24, 2.45) is 0 Å². The van der Waals surface area contributed by atoms with E-state index >= 15 is 0 Å². The highest BCUT2D eigenvalue weighted by Crippen LogP contribution is 2.22. The maximum Gasteiger partial charge on any atom is 0.258 e. The van der Waals surface area contributed by atoms with Crippen molar-refractivity contribution in [3.05, 3.63) is 87.8 Å². The molecule has 9 heteroatoms. The largest absolute Gasteiger partial charge is 0.356 e. The summed E-state index contributed by atoms with van der Waals surface area (Å²) in [5.41, 5.74) is 1.48. The molecule has 2 amide bonds. The van der Waals surface area contributed by atoms with Crippen molar-refractivity contribution in [3.63, 3.8) is 0 Å². The monoisotopic (exact) mass is 465 g/mol. The summed E-state index contributed by atoms with van der Waals surface area (Å²) in [4.78, 5) is 31.5. The quantitative estimate of drug-likeness (QED) is 0.375. The summed E-state index contributed by atoms with van der Waals surface area (Å²) in [6.45, 7) is 3.35. The molecule has 1 aliphatic rings. The summed E-state index contributed by atoms with van der Waals surface area (Å²) in [5.74, 6) is -1.38. The van der Waals surface area contributed by atoms with Crippen LogP contribution in [-0.4, -0.2) is 40.6 Å². The molecule has 2 heterocycles. The number of carbonyl (C=O) groups is 2. The highest BCUT2D eigenvalue weighted by molar-refractivity contribution is 6.30. The second kappa shape index (κ2) is 9.38. The number of amides is 2. The van der Waals surface area contributed by atoms with Gasteiger partial charge in [-0.05, 0) is 49.7 Å². The van der Waals surface area contributed by atoms with E-state index < -0.39 is 17.6 Å². The number of halogens is 2. The van der Waals surface area contributed by atoms with Crippen LogP contribution < -0.4 is 10.6 Å². The maximum absolute atomic E-state index is 14.7. The van der Waals surface area contributed by atoms with Gasteiger partial charge in [0.15, 0.2) is 0 Å². The third kappa shape index (κ3) is 5.01. The normalized spacial score (nSPS) is 12.6. The Bertz CT molecular complexity index is 1240. The lowest BCUT2D eigenvalue weighted by Gasteiger charge is -2.33. The van der Waals surface area contributed by atoms with E-state index in [9.17, 15) is 14.0 Å². The topological polar surface area (TPSA) is 98.2 Å².